The van der Waals surface area contributed by atoms with Crippen molar-refractivity contribution in [3.8, 4) is 0 Å². The van der Waals surface area contributed by atoms with Crippen LogP contribution in [0.5, 0.6) is 0 Å². The number of rotatable bonds is 5. The summed E-state index contributed by atoms with van der Waals surface area (Å²) in [5, 5.41) is 3.41. The average Bonchev–Trinajstić information content (AvgIpc) is 2.42. The Balaban J connectivity index is 1.86. The Labute approximate surface area is 111 Å². The van der Waals surface area contributed by atoms with Crippen molar-refractivity contribution in [3.63, 3.8) is 0 Å². The summed E-state index contributed by atoms with van der Waals surface area (Å²) in [5.74, 6) is 0.723. The average molecular weight is 246 g/mol. The fourth-order valence-electron chi connectivity index (χ4n) is 2.72. The molecule has 1 aromatic carbocycles. The Kier molecular flexibility index (Phi) is 5.21. The summed E-state index contributed by atoms with van der Waals surface area (Å²) in [7, 11) is 0. The Morgan fingerprint density at radius 3 is 2.44 bits per heavy atom. The minimum Gasteiger partial charge on any atom is -0.314 e. The van der Waals surface area contributed by atoms with E-state index in [0.717, 1.165) is 19.0 Å². The Morgan fingerprint density at radius 1 is 1.17 bits per heavy atom. The SMILES string of the molecule is CCC(CCN1CCNCC1)c1ccc(C)cc1. The number of hydrogen-bond acceptors (Lipinski definition) is 2. The summed E-state index contributed by atoms with van der Waals surface area (Å²) in [5.41, 5.74) is 2.87. The Hall–Kier alpha value is -0.860. The molecule has 0 aromatic heterocycles. The maximum absolute atomic E-state index is 3.41. The third-order valence-electron chi connectivity index (χ3n) is 4.04. The molecule has 0 saturated carbocycles. The zero-order chi connectivity index (χ0) is 12.8. The van der Waals surface area contributed by atoms with Gasteiger partial charge in [-0.05, 0) is 37.8 Å². The van der Waals surface area contributed by atoms with Crippen molar-refractivity contribution in [2.75, 3.05) is 32.7 Å². The summed E-state index contributed by atoms with van der Waals surface area (Å²) >= 11 is 0. The van der Waals surface area contributed by atoms with Crippen LogP contribution in [0.3, 0.4) is 0 Å². The van der Waals surface area contributed by atoms with Crippen LogP contribution in [0.2, 0.25) is 0 Å². The first-order chi connectivity index (χ1) is 8.79. The molecule has 1 aliphatic rings. The molecule has 2 heteroatoms. The molecule has 1 N–H and O–H groups in total. The first kappa shape index (κ1) is 13.6. The zero-order valence-electron chi connectivity index (χ0n) is 11.8. The van der Waals surface area contributed by atoms with Crippen LogP contribution < -0.4 is 5.32 Å². The van der Waals surface area contributed by atoms with Crippen molar-refractivity contribution >= 4 is 0 Å². The van der Waals surface area contributed by atoms with E-state index < -0.39 is 0 Å². The van der Waals surface area contributed by atoms with Gasteiger partial charge in [0, 0.05) is 26.2 Å². The lowest BCUT2D eigenvalue weighted by atomic mass is 9.92. The van der Waals surface area contributed by atoms with Crippen molar-refractivity contribution < 1.29 is 0 Å². The van der Waals surface area contributed by atoms with Crippen LogP contribution >= 0.6 is 0 Å². The highest BCUT2D eigenvalue weighted by Gasteiger charge is 2.13. The summed E-state index contributed by atoms with van der Waals surface area (Å²) in [4.78, 5) is 2.59. The lowest BCUT2D eigenvalue weighted by molar-refractivity contribution is 0.232. The van der Waals surface area contributed by atoms with Gasteiger partial charge in [-0.3, -0.25) is 0 Å². The van der Waals surface area contributed by atoms with Crippen LogP contribution in [0, 0.1) is 6.92 Å². The van der Waals surface area contributed by atoms with Gasteiger partial charge in [-0.2, -0.15) is 0 Å². The van der Waals surface area contributed by atoms with Crippen molar-refractivity contribution in [3.05, 3.63) is 35.4 Å². The Bertz CT molecular complexity index is 339. The molecule has 2 rings (SSSR count). The van der Waals surface area contributed by atoms with E-state index in [0.29, 0.717) is 0 Å². The molecule has 0 aliphatic carbocycles. The molecule has 0 spiro atoms. The summed E-state index contributed by atoms with van der Waals surface area (Å²) in [6.45, 7) is 10.4. The first-order valence-electron chi connectivity index (χ1n) is 7.29. The predicted octanol–water partition coefficient (Wildman–Crippen LogP) is 2.78. The van der Waals surface area contributed by atoms with Crippen molar-refractivity contribution in [1.82, 2.24) is 10.2 Å². The molecule has 100 valence electrons. The molecular formula is C16H26N2. The van der Waals surface area contributed by atoms with E-state index in [2.05, 4.69) is 48.3 Å². The monoisotopic (exact) mass is 246 g/mol. The van der Waals surface area contributed by atoms with Crippen LogP contribution in [0.1, 0.15) is 36.8 Å². The third-order valence-corrected chi connectivity index (χ3v) is 4.04. The van der Waals surface area contributed by atoms with Gasteiger partial charge in [0.2, 0.25) is 0 Å². The van der Waals surface area contributed by atoms with Gasteiger partial charge in [0.15, 0.2) is 0 Å². The smallest absolute Gasteiger partial charge is 0.0107 e. The van der Waals surface area contributed by atoms with E-state index in [1.165, 1.54) is 43.6 Å². The molecule has 0 bridgehead atoms. The van der Waals surface area contributed by atoms with Crippen LogP contribution in [-0.4, -0.2) is 37.6 Å². The number of piperazine rings is 1. The van der Waals surface area contributed by atoms with Crippen LogP contribution in [0.4, 0.5) is 0 Å². The van der Waals surface area contributed by atoms with E-state index in [4.69, 9.17) is 0 Å². The highest BCUT2D eigenvalue weighted by Crippen LogP contribution is 2.23. The topological polar surface area (TPSA) is 15.3 Å². The van der Waals surface area contributed by atoms with E-state index in [1.54, 1.807) is 0 Å². The molecule has 1 aromatic rings. The van der Waals surface area contributed by atoms with E-state index >= 15 is 0 Å². The van der Waals surface area contributed by atoms with Gasteiger partial charge in [0.25, 0.3) is 0 Å². The third kappa shape index (κ3) is 3.82. The molecule has 1 heterocycles. The van der Waals surface area contributed by atoms with Gasteiger partial charge in [-0.1, -0.05) is 36.8 Å². The quantitative estimate of drug-likeness (QED) is 0.859. The van der Waals surface area contributed by atoms with Crippen LogP contribution in [0.15, 0.2) is 24.3 Å². The van der Waals surface area contributed by atoms with Crippen LogP contribution in [0.25, 0.3) is 0 Å². The molecule has 1 saturated heterocycles. The predicted molar refractivity (Wildman–Crippen MR) is 78.1 cm³/mol. The van der Waals surface area contributed by atoms with Gasteiger partial charge >= 0.3 is 0 Å². The molecule has 0 radical (unpaired) electrons. The van der Waals surface area contributed by atoms with Gasteiger partial charge < -0.3 is 10.2 Å². The van der Waals surface area contributed by atoms with E-state index in [1.807, 2.05) is 0 Å². The second-order valence-electron chi connectivity index (χ2n) is 5.40. The minimum atomic E-state index is 0.723. The molecule has 18 heavy (non-hydrogen) atoms. The highest BCUT2D eigenvalue weighted by atomic mass is 15.2. The largest absolute Gasteiger partial charge is 0.314 e. The number of aryl methyl sites for hydroxylation is 1. The van der Waals surface area contributed by atoms with E-state index in [-0.39, 0.29) is 0 Å². The fraction of sp³-hybridized carbons (Fsp3) is 0.625. The standard InChI is InChI=1S/C16H26N2/c1-3-15(16-6-4-14(2)5-7-16)8-11-18-12-9-17-10-13-18/h4-7,15,17H,3,8-13H2,1-2H3. The van der Waals surface area contributed by atoms with Crippen molar-refractivity contribution in [1.29, 1.82) is 0 Å². The normalized spacial score (nSPS) is 18.8. The summed E-state index contributed by atoms with van der Waals surface area (Å²) < 4.78 is 0. The Morgan fingerprint density at radius 2 is 1.83 bits per heavy atom. The molecule has 1 aliphatic heterocycles. The van der Waals surface area contributed by atoms with Crippen molar-refractivity contribution in [2.45, 2.75) is 32.6 Å². The maximum Gasteiger partial charge on any atom is 0.0107 e. The first-order valence-corrected chi connectivity index (χ1v) is 7.29. The second kappa shape index (κ2) is 6.91. The summed E-state index contributed by atoms with van der Waals surface area (Å²) in [6, 6.07) is 9.09. The maximum atomic E-state index is 3.41. The number of nitrogens with one attached hydrogen (secondary N) is 1. The minimum absolute atomic E-state index is 0.723. The van der Waals surface area contributed by atoms with Gasteiger partial charge in [-0.25, -0.2) is 0 Å². The van der Waals surface area contributed by atoms with Gasteiger partial charge in [0.05, 0.1) is 0 Å². The second-order valence-corrected chi connectivity index (χ2v) is 5.40. The van der Waals surface area contributed by atoms with Gasteiger partial charge in [-0.15, -0.1) is 0 Å². The van der Waals surface area contributed by atoms with Crippen LogP contribution in [-0.2, 0) is 0 Å². The zero-order valence-corrected chi connectivity index (χ0v) is 11.8. The fourth-order valence-corrected chi connectivity index (χ4v) is 2.72. The molecule has 1 atom stereocenters. The molecular weight excluding hydrogens is 220 g/mol. The lowest BCUT2D eigenvalue weighted by Crippen LogP contribution is -2.44. The lowest BCUT2D eigenvalue weighted by Gasteiger charge is -2.28. The highest BCUT2D eigenvalue weighted by molar-refractivity contribution is 5.24. The van der Waals surface area contributed by atoms with Crippen molar-refractivity contribution in [2.24, 2.45) is 0 Å². The number of benzene rings is 1. The molecule has 1 unspecified atom stereocenters. The number of nitrogens with zero attached hydrogens (tertiary/aromatic N) is 1. The van der Waals surface area contributed by atoms with Gasteiger partial charge in [0.1, 0.15) is 0 Å². The summed E-state index contributed by atoms with van der Waals surface area (Å²) in [6.07, 6.45) is 2.54. The molecule has 1 fully saturated rings. The molecule has 2 nitrogen and oxygen atoms in total. The van der Waals surface area contributed by atoms with E-state index in [9.17, 15) is 0 Å². The number of hydrogen-bond donors (Lipinski definition) is 1. The molecule has 0 amide bonds.